The molecule has 2 aromatic heterocycles. The van der Waals surface area contributed by atoms with Gasteiger partial charge in [0.1, 0.15) is 5.69 Å². The Morgan fingerprint density at radius 2 is 2.19 bits per heavy atom. The van der Waals surface area contributed by atoms with Crippen LogP contribution in [0.4, 0.5) is 0 Å². The number of ether oxygens (including phenoxy) is 1. The summed E-state index contributed by atoms with van der Waals surface area (Å²) in [4.78, 5) is 12.8. The predicted octanol–water partition coefficient (Wildman–Crippen LogP) is 4.73. The molecule has 1 N–H and O–H groups in total. The molecule has 6 heteroatoms. The van der Waals surface area contributed by atoms with Crippen molar-refractivity contribution < 1.29 is 9.53 Å². The number of hydrogen-bond donors (Lipinski definition) is 1. The largest absolute Gasteiger partial charge is 0.376 e. The van der Waals surface area contributed by atoms with Gasteiger partial charge in [-0.15, -0.1) is 11.3 Å². The van der Waals surface area contributed by atoms with Gasteiger partial charge in [-0.1, -0.05) is 29.8 Å². The second-order valence-electron chi connectivity index (χ2n) is 6.74. The number of nitrogens with one attached hydrogen (secondary N) is 1. The van der Waals surface area contributed by atoms with E-state index in [1.165, 1.54) is 11.1 Å². The van der Waals surface area contributed by atoms with Crippen molar-refractivity contribution in [2.24, 2.45) is 0 Å². The van der Waals surface area contributed by atoms with Crippen molar-refractivity contribution in [1.82, 2.24) is 9.88 Å². The Kier molecular flexibility index (Phi) is 5.16. The van der Waals surface area contributed by atoms with Crippen molar-refractivity contribution in [2.75, 3.05) is 13.2 Å². The van der Waals surface area contributed by atoms with E-state index in [9.17, 15) is 4.79 Å². The smallest absolute Gasteiger partial charge is 0.268 e. The van der Waals surface area contributed by atoms with Crippen molar-refractivity contribution in [1.29, 1.82) is 0 Å². The molecule has 0 unspecified atom stereocenters. The zero-order valence-electron chi connectivity index (χ0n) is 14.6. The molecular weight excluding hydrogens is 412 g/mol. The Labute approximate surface area is 165 Å². The maximum Gasteiger partial charge on any atom is 0.268 e. The van der Waals surface area contributed by atoms with Crippen LogP contribution in [0.1, 0.15) is 34.5 Å². The Hall–Kier alpha value is -1.63. The fourth-order valence-electron chi connectivity index (χ4n) is 3.36. The summed E-state index contributed by atoms with van der Waals surface area (Å²) in [7, 11) is 0. The van der Waals surface area contributed by atoms with Crippen LogP contribution in [-0.2, 0) is 11.3 Å². The van der Waals surface area contributed by atoms with Crippen LogP contribution in [0.3, 0.4) is 0 Å². The van der Waals surface area contributed by atoms with Gasteiger partial charge in [0.15, 0.2) is 0 Å². The fraction of sp³-hybridized carbons (Fsp3) is 0.350. The topological polar surface area (TPSA) is 43.3 Å². The molecule has 1 aliphatic heterocycles. The number of benzene rings is 1. The minimum atomic E-state index is -0.0390. The SMILES string of the molecule is Cc1ccc(Cn2c(C(=O)NC[C@@H]3CCCO3)cc3scc(Br)c32)cc1. The van der Waals surface area contributed by atoms with E-state index in [0.29, 0.717) is 18.8 Å². The molecule has 3 aromatic rings. The lowest BCUT2D eigenvalue weighted by molar-refractivity contribution is 0.0851. The third-order valence-electron chi connectivity index (χ3n) is 4.79. The second-order valence-corrected chi connectivity index (χ2v) is 8.51. The number of amides is 1. The highest BCUT2D eigenvalue weighted by Gasteiger charge is 2.21. The number of carbonyl (C=O) groups excluding carboxylic acids is 1. The normalized spacial score (nSPS) is 17.1. The van der Waals surface area contributed by atoms with Crippen LogP contribution in [0.2, 0.25) is 0 Å². The van der Waals surface area contributed by atoms with Gasteiger partial charge in [0, 0.05) is 25.1 Å². The van der Waals surface area contributed by atoms with E-state index < -0.39 is 0 Å². The highest BCUT2D eigenvalue weighted by Crippen LogP contribution is 2.33. The van der Waals surface area contributed by atoms with E-state index in [1.54, 1.807) is 11.3 Å². The van der Waals surface area contributed by atoms with Crippen LogP contribution in [0, 0.1) is 6.92 Å². The van der Waals surface area contributed by atoms with Crippen molar-refractivity contribution in [3.8, 4) is 0 Å². The minimum absolute atomic E-state index is 0.0390. The molecule has 1 aliphatic rings. The highest BCUT2D eigenvalue weighted by molar-refractivity contribution is 9.10. The summed E-state index contributed by atoms with van der Waals surface area (Å²) in [5, 5.41) is 5.12. The lowest BCUT2D eigenvalue weighted by Crippen LogP contribution is -2.33. The number of halogens is 1. The fourth-order valence-corrected chi connectivity index (χ4v) is 5.05. The number of aromatic nitrogens is 1. The number of thiophene rings is 1. The lowest BCUT2D eigenvalue weighted by atomic mass is 10.1. The van der Waals surface area contributed by atoms with E-state index in [4.69, 9.17) is 4.74 Å². The summed E-state index contributed by atoms with van der Waals surface area (Å²) in [6.45, 7) is 4.12. The molecule has 26 heavy (non-hydrogen) atoms. The van der Waals surface area contributed by atoms with Crippen molar-refractivity contribution in [3.63, 3.8) is 0 Å². The van der Waals surface area contributed by atoms with Crippen LogP contribution in [0.25, 0.3) is 10.2 Å². The first-order valence-corrected chi connectivity index (χ1v) is 10.5. The average Bonchev–Trinajstić information content (AvgIpc) is 3.34. The highest BCUT2D eigenvalue weighted by atomic mass is 79.9. The van der Waals surface area contributed by atoms with Gasteiger partial charge in [-0.3, -0.25) is 4.79 Å². The first kappa shape index (κ1) is 17.8. The van der Waals surface area contributed by atoms with Crippen LogP contribution < -0.4 is 5.32 Å². The van der Waals surface area contributed by atoms with E-state index in [0.717, 1.165) is 34.1 Å². The molecule has 4 nitrogen and oxygen atoms in total. The van der Waals surface area contributed by atoms with E-state index >= 15 is 0 Å². The van der Waals surface area contributed by atoms with Gasteiger partial charge < -0.3 is 14.6 Å². The Balaban J connectivity index is 1.62. The molecule has 0 bridgehead atoms. The first-order chi connectivity index (χ1) is 12.6. The number of rotatable bonds is 5. The minimum Gasteiger partial charge on any atom is -0.376 e. The zero-order valence-corrected chi connectivity index (χ0v) is 17.0. The molecule has 0 radical (unpaired) electrons. The van der Waals surface area contributed by atoms with E-state index in [2.05, 4.69) is 62.4 Å². The molecular formula is C20H21BrN2O2S. The zero-order chi connectivity index (χ0) is 18.1. The summed E-state index contributed by atoms with van der Waals surface area (Å²) in [6.07, 6.45) is 2.24. The van der Waals surface area contributed by atoms with Gasteiger partial charge in [-0.25, -0.2) is 0 Å². The molecule has 1 fully saturated rings. The molecule has 1 aromatic carbocycles. The molecule has 0 aliphatic carbocycles. The maximum absolute atomic E-state index is 12.8. The predicted molar refractivity (Wildman–Crippen MR) is 109 cm³/mol. The summed E-state index contributed by atoms with van der Waals surface area (Å²) < 4.78 is 9.86. The van der Waals surface area contributed by atoms with Gasteiger partial charge in [0.2, 0.25) is 0 Å². The summed E-state index contributed by atoms with van der Waals surface area (Å²) in [5.74, 6) is -0.0390. The van der Waals surface area contributed by atoms with Crippen LogP contribution in [-0.4, -0.2) is 29.7 Å². The molecule has 1 saturated heterocycles. The molecule has 1 amide bonds. The number of hydrogen-bond acceptors (Lipinski definition) is 3. The lowest BCUT2D eigenvalue weighted by Gasteiger charge is -2.14. The molecule has 3 heterocycles. The van der Waals surface area contributed by atoms with Crippen LogP contribution in [0.15, 0.2) is 40.2 Å². The third kappa shape index (κ3) is 3.59. The molecule has 0 saturated carbocycles. The number of nitrogens with zero attached hydrogens (tertiary/aromatic N) is 1. The van der Waals surface area contributed by atoms with E-state index in [-0.39, 0.29) is 12.0 Å². The van der Waals surface area contributed by atoms with Gasteiger partial charge in [-0.05, 0) is 47.3 Å². The summed E-state index contributed by atoms with van der Waals surface area (Å²) >= 11 is 5.29. The Morgan fingerprint density at radius 1 is 1.38 bits per heavy atom. The second kappa shape index (κ2) is 7.55. The van der Waals surface area contributed by atoms with Gasteiger partial charge in [0.05, 0.1) is 20.8 Å². The Morgan fingerprint density at radius 3 is 2.92 bits per heavy atom. The van der Waals surface area contributed by atoms with Gasteiger partial charge >= 0.3 is 0 Å². The van der Waals surface area contributed by atoms with Crippen molar-refractivity contribution >= 4 is 43.4 Å². The van der Waals surface area contributed by atoms with E-state index in [1.807, 2.05) is 6.07 Å². The maximum atomic E-state index is 12.8. The quantitative estimate of drug-likeness (QED) is 0.632. The van der Waals surface area contributed by atoms with Crippen molar-refractivity contribution in [2.45, 2.75) is 32.4 Å². The van der Waals surface area contributed by atoms with Crippen molar-refractivity contribution in [3.05, 3.63) is 57.0 Å². The number of aryl methyl sites for hydroxylation is 1. The van der Waals surface area contributed by atoms with Gasteiger partial charge in [-0.2, -0.15) is 0 Å². The monoisotopic (exact) mass is 432 g/mol. The number of carbonyl (C=O) groups is 1. The summed E-state index contributed by atoms with van der Waals surface area (Å²) in [6, 6.07) is 10.4. The number of fused-ring (bicyclic) bond motifs is 1. The first-order valence-electron chi connectivity index (χ1n) is 8.83. The third-order valence-corrected chi connectivity index (χ3v) is 6.61. The average molecular weight is 433 g/mol. The molecule has 4 rings (SSSR count). The summed E-state index contributed by atoms with van der Waals surface area (Å²) in [5.41, 5.74) is 4.20. The van der Waals surface area contributed by atoms with Crippen LogP contribution in [0.5, 0.6) is 0 Å². The Bertz CT molecular complexity index is 923. The molecule has 136 valence electrons. The van der Waals surface area contributed by atoms with Crippen LogP contribution >= 0.6 is 27.3 Å². The molecule has 1 atom stereocenters. The van der Waals surface area contributed by atoms with Gasteiger partial charge in [0.25, 0.3) is 5.91 Å². The standard InChI is InChI=1S/C20H21BrN2O2S/c1-13-4-6-14(7-5-13)11-23-17(9-18-19(23)16(21)12-26-18)20(24)22-10-15-3-2-8-25-15/h4-7,9,12,15H,2-3,8,10-11H2,1H3,(H,22,24)/t15-/m0/s1. The molecule has 0 spiro atoms.